The van der Waals surface area contributed by atoms with Crippen molar-refractivity contribution in [2.45, 2.75) is 38.8 Å². The second-order valence-electron chi connectivity index (χ2n) is 7.64. The highest BCUT2D eigenvalue weighted by atomic mass is 16.5. The summed E-state index contributed by atoms with van der Waals surface area (Å²) in [5.74, 6) is 0.961. The highest BCUT2D eigenvalue weighted by molar-refractivity contribution is 5.76. The molecule has 0 radical (unpaired) electrons. The van der Waals surface area contributed by atoms with Crippen LogP contribution in [0.4, 0.5) is 0 Å². The second kappa shape index (κ2) is 8.50. The van der Waals surface area contributed by atoms with E-state index >= 15 is 0 Å². The topological polar surface area (TPSA) is 59.8 Å². The molecule has 1 amide bonds. The number of amides is 1. The van der Waals surface area contributed by atoms with Crippen molar-refractivity contribution in [2.24, 2.45) is 5.92 Å². The summed E-state index contributed by atoms with van der Waals surface area (Å²) < 4.78 is 12.9. The van der Waals surface area contributed by atoms with Crippen LogP contribution in [0.3, 0.4) is 0 Å². The van der Waals surface area contributed by atoms with Crippen molar-refractivity contribution in [3.63, 3.8) is 0 Å². The summed E-state index contributed by atoms with van der Waals surface area (Å²) in [6, 6.07) is 2.19. The maximum Gasteiger partial charge on any atom is 0.223 e. The van der Waals surface area contributed by atoms with E-state index in [4.69, 9.17) is 14.6 Å². The van der Waals surface area contributed by atoms with E-state index < -0.39 is 0 Å². The van der Waals surface area contributed by atoms with Gasteiger partial charge in [0.25, 0.3) is 0 Å². The Morgan fingerprint density at radius 1 is 1.15 bits per heavy atom. The van der Waals surface area contributed by atoms with Crippen LogP contribution in [0.15, 0.2) is 6.07 Å². The van der Waals surface area contributed by atoms with Crippen LogP contribution in [0, 0.1) is 5.92 Å². The maximum absolute atomic E-state index is 12.3. The molecule has 4 rings (SSSR count). The molecule has 26 heavy (non-hydrogen) atoms. The van der Waals surface area contributed by atoms with Crippen LogP contribution in [-0.4, -0.2) is 78.1 Å². The number of ether oxygens (including phenoxy) is 2. The van der Waals surface area contributed by atoms with Gasteiger partial charge in [-0.05, 0) is 31.4 Å². The van der Waals surface area contributed by atoms with Crippen LogP contribution in [0.25, 0.3) is 0 Å². The minimum Gasteiger partial charge on any atom is -0.381 e. The van der Waals surface area contributed by atoms with Crippen LogP contribution in [0.1, 0.15) is 30.7 Å². The zero-order valence-corrected chi connectivity index (χ0v) is 15.6. The quantitative estimate of drug-likeness (QED) is 0.753. The summed E-state index contributed by atoms with van der Waals surface area (Å²) in [6.07, 6.45) is 3.72. The molecule has 0 aliphatic carbocycles. The van der Waals surface area contributed by atoms with E-state index in [2.05, 4.69) is 15.6 Å². The fraction of sp³-hybridized carbons (Fsp3) is 0.789. The zero-order valence-electron chi connectivity index (χ0n) is 15.6. The molecule has 144 valence electrons. The molecule has 3 aliphatic heterocycles. The number of nitrogens with zero attached hydrogens (tertiary/aromatic N) is 4. The molecular formula is C19H30N4O3. The summed E-state index contributed by atoms with van der Waals surface area (Å²) in [5.41, 5.74) is 2.33. The fourth-order valence-corrected chi connectivity index (χ4v) is 4.08. The molecule has 7 heteroatoms. The van der Waals surface area contributed by atoms with Gasteiger partial charge < -0.3 is 14.4 Å². The molecule has 0 N–H and O–H groups in total. The number of fused-ring (bicyclic) bond motifs is 1. The van der Waals surface area contributed by atoms with E-state index in [0.29, 0.717) is 19.6 Å². The Kier molecular flexibility index (Phi) is 5.87. The lowest BCUT2D eigenvalue weighted by atomic mass is 10.0. The third-order valence-corrected chi connectivity index (χ3v) is 5.76. The van der Waals surface area contributed by atoms with Crippen LogP contribution >= 0.6 is 0 Å². The summed E-state index contributed by atoms with van der Waals surface area (Å²) in [4.78, 5) is 16.7. The highest BCUT2D eigenvalue weighted by Gasteiger charge is 2.22. The molecule has 1 aromatic rings. The smallest absolute Gasteiger partial charge is 0.223 e. The molecule has 0 bridgehead atoms. The molecule has 3 aliphatic rings. The summed E-state index contributed by atoms with van der Waals surface area (Å²) in [7, 11) is 0. The number of aromatic nitrogens is 2. The monoisotopic (exact) mass is 362 g/mol. The van der Waals surface area contributed by atoms with Crippen LogP contribution < -0.4 is 0 Å². The second-order valence-corrected chi connectivity index (χ2v) is 7.64. The van der Waals surface area contributed by atoms with Crippen molar-refractivity contribution in [3.8, 4) is 0 Å². The third-order valence-electron chi connectivity index (χ3n) is 5.76. The number of aryl methyl sites for hydroxylation is 1. The van der Waals surface area contributed by atoms with Gasteiger partial charge in [-0.25, -0.2) is 0 Å². The highest BCUT2D eigenvalue weighted by Crippen LogP contribution is 2.20. The minimum absolute atomic E-state index is 0.222. The Morgan fingerprint density at radius 3 is 2.85 bits per heavy atom. The van der Waals surface area contributed by atoms with Crippen molar-refractivity contribution in [3.05, 3.63) is 17.5 Å². The van der Waals surface area contributed by atoms with Crippen molar-refractivity contribution in [2.75, 3.05) is 52.6 Å². The predicted octanol–water partition coefficient (Wildman–Crippen LogP) is 0.917. The number of hydrogen-bond acceptors (Lipinski definition) is 5. The van der Waals surface area contributed by atoms with E-state index in [1.54, 1.807) is 0 Å². The van der Waals surface area contributed by atoms with Gasteiger partial charge in [0.2, 0.25) is 5.91 Å². The molecule has 1 atom stereocenters. The van der Waals surface area contributed by atoms with Crippen molar-refractivity contribution in [1.29, 1.82) is 0 Å². The first-order valence-electron chi connectivity index (χ1n) is 9.99. The van der Waals surface area contributed by atoms with Gasteiger partial charge in [-0.2, -0.15) is 5.10 Å². The van der Waals surface area contributed by atoms with Gasteiger partial charge in [-0.15, -0.1) is 0 Å². The van der Waals surface area contributed by atoms with Crippen LogP contribution in [0.5, 0.6) is 0 Å². The molecule has 0 spiro atoms. The standard InChI is InChI=1S/C19H30N4O3/c24-19(22-8-11-25-12-9-22)2-1-17-13-18-14-21(6-7-23(18)20-17)5-3-16-4-10-26-15-16/h13,16H,1-12,14-15H2/t16-/m0/s1. The van der Waals surface area contributed by atoms with Gasteiger partial charge in [0, 0.05) is 52.2 Å². The number of rotatable bonds is 6. The average Bonchev–Trinajstić information content (AvgIpc) is 3.34. The van der Waals surface area contributed by atoms with Crippen LogP contribution in [-0.2, 0) is 33.8 Å². The summed E-state index contributed by atoms with van der Waals surface area (Å²) in [5, 5.41) is 4.71. The lowest BCUT2D eigenvalue weighted by Gasteiger charge is -2.28. The molecule has 0 saturated carbocycles. The van der Waals surface area contributed by atoms with E-state index in [0.717, 1.165) is 70.5 Å². The molecule has 2 saturated heterocycles. The Labute approximate surface area is 155 Å². The third kappa shape index (κ3) is 4.45. The molecular weight excluding hydrogens is 332 g/mol. The van der Waals surface area contributed by atoms with E-state index in [1.807, 2.05) is 4.90 Å². The van der Waals surface area contributed by atoms with E-state index in [-0.39, 0.29) is 5.91 Å². The molecule has 0 aromatic carbocycles. The Bertz CT molecular complexity index is 606. The summed E-state index contributed by atoms with van der Waals surface area (Å²) >= 11 is 0. The molecule has 4 heterocycles. The first-order chi connectivity index (χ1) is 12.8. The molecule has 1 aromatic heterocycles. The first kappa shape index (κ1) is 17.9. The van der Waals surface area contributed by atoms with Crippen molar-refractivity contribution >= 4 is 5.91 Å². The Hall–Kier alpha value is -1.44. The predicted molar refractivity (Wildman–Crippen MR) is 96.8 cm³/mol. The maximum atomic E-state index is 12.3. The van der Waals surface area contributed by atoms with Gasteiger partial charge in [-0.1, -0.05) is 0 Å². The average molecular weight is 362 g/mol. The fourth-order valence-electron chi connectivity index (χ4n) is 4.08. The van der Waals surface area contributed by atoms with Crippen molar-refractivity contribution < 1.29 is 14.3 Å². The lowest BCUT2D eigenvalue weighted by Crippen LogP contribution is -2.40. The first-order valence-corrected chi connectivity index (χ1v) is 9.99. The molecule has 0 unspecified atom stereocenters. The van der Waals surface area contributed by atoms with Crippen LogP contribution in [0.2, 0.25) is 0 Å². The summed E-state index contributed by atoms with van der Waals surface area (Å²) in [6.45, 7) is 8.77. The molecule has 2 fully saturated rings. The minimum atomic E-state index is 0.222. The van der Waals surface area contributed by atoms with Gasteiger partial charge in [0.15, 0.2) is 0 Å². The number of morpholine rings is 1. The Morgan fingerprint density at radius 2 is 2.04 bits per heavy atom. The zero-order chi connectivity index (χ0) is 17.8. The van der Waals surface area contributed by atoms with Gasteiger partial charge >= 0.3 is 0 Å². The lowest BCUT2D eigenvalue weighted by molar-refractivity contribution is -0.135. The van der Waals surface area contributed by atoms with Gasteiger partial charge in [-0.3, -0.25) is 14.4 Å². The van der Waals surface area contributed by atoms with E-state index in [9.17, 15) is 4.79 Å². The largest absolute Gasteiger partial charge is 0.381 e. The van der Waals surface area contributed by atoms with Gasteiger partial charge in [0.05, 0.1) is 31.1 Å². The SMILES string of the molecule is O=C(CCc1cc2n(n1)CCN(CC[C@H]1CCOC1)C2)N1CCOCC1. The van der Waals surface area contributed by atoms with E-state index in [1.165, 1.54) is 18.5 Å². The van der Waals surface area contributed by atoms with Crippen molar-refractivity contribution in [1.82, 2.24) is 19.6 Å². The number of hydrogen-bond donors (Lipinski definition) is 0. The normalized spacial score (nSPS) is 24.0. The Balaban J connectivity index is 1.25. The van der Waals surface area contributed by atoms with Gasteiger partial charge in [0.1, 0.15) is 0 Å². The number of carbonyl (C=O) groups is 1. The molecule has 7 nitrogen and oxygen atoms in total. The number of carbonyl (C=O) groups excluding carboxylic acids is 1.